The van der Waals surface area contributed by atoms with Gasteiger partial charge in [0.1, 0.15) is 0 Å². The Morgan fingerprint density at radius 1 is 1.27 bits per heavy atom. The van der Waals surface area contributed by atoms with Crippen molar-refractivity contribution in [2.45, 2.75) is 53.5 Å². The van der Waals surface area contributed by atoms with Crippen LogP contribution in [0, 0.1) is 26.2 Å². The summed E-state index contributed by atoms with van der Waals surface area (Å²) in [5.74, 6) is 0. The molecule has 0 aromatic carbocycles. The fraction of sp³-hybridized carbons (Fsp3) is 0.591. The molecule has 0 radical (unpaired) electrons. The summed E-state index contributed by atoms with van der Waals surface area (Å²) >= 11 is 1.86. The van der Waals surface area contributed by atoms with Gasteiger partial charge in [-0.15, -0.1) is 11.3 Å². The first-order valence-corrected chi connectivity index (χ1v) is 10.6. The smallest absolute Gasteiger partial charge is 0.0535 e. The molecule has 0 saturated carbocycles. The predicted molar refractivity (Wildman–Crippen MR) is 110 cm³/mol. The van der Waals surface area contributed by atoms with E-state index < -0.39 is 0 Å². The Morgan fingerprint density at radius 3 is 2.81 bits per heavy atom. The van der Waals surface area contributed by atoms with Crippen molar-refractivity contribution in [3.63, 3.8) is 0 Å². The van der Waals surface area contributed by atoms with Crippen LogP contribution in [0.25, 0.3) is 0 Å². The van der Waals surface area contributed by atoms with E-state index >= 15 is 0 Å². The third kappa shape index (κ3) is 4.93. The molecule has 1 saturated heterocycles. The molecule has 0 bridgehead atoms. The summed E-state index contributed by atoms with van der Waals surface area (Å²) in [7, 11) is 0. The van der Waals surface area contributed by atoms with Gasteiger partial charge in [0.25, 0.3) is 0 Å². The Labute approximate surface area is 162 Å². The van der Waals surface area contributed by atoms with E-state index in [1.165, 1.54) is 34.5 Å². The van der Waals surface area contributed by atoms with Crippen LogP contribution >= 0.6 is 11.3 Å². The Kier molecular flexibility index (Phi) is 6.49. The van der Waals surface area contributed by atoms with Crippen molar-refractivity contribution in [1.82, 2.24) is 9.88 Å². The van der Waals surface area contributed by atoms with Crippen molar-refractivity contribution >= 4 is 11.3 Å². The van der Waals surface area contributed by atoms with E-state index in [9.17, 15) is 0 Å². The second kappa shape index (κ2) is 8.64. The molecule has 1 unspecified atom stereocenters. The van der Waals surface area contributed by atoms with E-state index in [-0.39, 0.29) is 5.41 Å². The van der Waals surface area contributed by atoms with Crippen LogP contribution in [0.4, 0.5) is 0 Å². The second-order valence-electron chi connectivity index (χ2n) is 7.86. The van der Waals surface area contributed by atoms with Gasteiger partial charge in [-0.1, -0.05) is 6.07 Å². The van der Waals surface area contributed by atoms with Gasteiger partial charge in [0.05, 0.1) is 6.61 Å². The zero-order valence-electron chi connectivity index (χ0n) is 16.7. The standard InChI is InChI=1S/C22H32N2OS/c1-5-25-16-22(9-8-20-12-18(3)26-14-20)10-11-24(15-22)13-21-7-6-17(2)23-19(21)4/h6-7,12,14H,5,8-11,13,15-16H2,1-4H3. The molecule has 0 amide bonds. The molecule has 3 heterocycles. The third-order valence-electron chi connectivity index (χ3n) is 5.59. The van der Waals surface area contributed by atoms with E-state index in [1.54, 1.807) is 0 Å². The number of thiophene rings is 1. The lowest BCUT2D eigenvalue weighted by Crippen LogP contribution is -2.32. The van der Waals surface area contributed by atoms with E-state index in [2.05, 4.69) is 61.2 Å². The van der Waals surface area contributed by atoms with Gasteiger partial charge in [0, 0.05) is 41.4 Å². The van der Waals surface area contributed by atoms with Crippen molar-refractivity contribution in [3.05, 3.63) is 51.0 Å². The molecule has 3 nitrogen and oxygen atoms in total. The average molecular weight is 373 g/mol. The fourth-order valence-corrected chi connectivity index (χ4v) is 4.78. The summed E-state index contributed by atoms with van der Waals surface area (Å²) in [5, 5.41) is 2.32. The Balaban J connectivity index is 1.64. The minimum absolute atomic E-state index is 0.290. The lowest BCUT2D eigenvalue weighted by molar-refractivity contribution is 0.0489. The molecule has 26 heavy (non-hydrogen) atoms. The molecule has 1 aliphatic heterocycles. The molecule has 1 aliphatic rings. The molecular formula is C22H32N2OS. The van der Waals surface area contributed by atoms with Gasteiger partial charge in [0.2, 0.25) is 0 Å². The molecule has 1 fully saturated rings. The van der Waals surface area contributed by atoms with Gasteiger partial charge in [-0.2, -0.15) is 0 Å². The summed E-state index contributed by atoms with van der Waals surface area (Å²) in [6.07, 6.45) is 3.61. The van der Waals surface area contributed by atoms with Gasteiger partial charge >= 0.3 is 0 Å². The van der Waals surface area contributed by atoms with Crippen LogP contribution in [0.15, 0.2) is 23.6 Å². The Hall–Kier alpha value is -1.23. The summed E-state index contributed by atoms with van der Waals surface area (Å²) in [5.41, 5.74) is 5.40. The van der Waals surface area contributed by atoms with Crippen LogP contribution in [0.1, 0.15) is 47.2 Å². The molecule has 1 atom stereocenters. The summed E-state index contributed by atoms with van der Waals surface area (Å²) < 4.78 is 5.92. The number of hydrogen-bond acceptors (Lipinski definition) is 4. The maximum Gasteiger partial charge on any atom is 0.0535 e. The van der Waals surface area contributed by atoms with E-state index in [4.69, 9.17) is 4.74 Å². The van der Waals surface area contributed by atoms with Crippen LogP contribution in [-0.2, 0) is 17.7 Å². The van der Waals surface area contributed by atoms with E-state index in [0.29, 0.717) is 0 Å². The number of ether oxygens (including phenoxy) is 1. The highest BCUT2D eigenvalue weighted by molar-refractivity contribution is 7.10. The van der Waals surface area contributed by atoms with E-state index in [0.717, 1.165) is 45.0 Å². The van der Waals surface area contributed by atoms with Gasteiger partial charge in [-0.3, -0.25) is 9.88 Å². The molecule has 2 aromatic heterocycles. The number of aromatic nitrogens is 1. The van der Waals surface area contributed by atoms with Crippen molar-refractivity contribution in [2.75, 3.05) is 26.3 Å². The van der Waals surface area contributed by atoms with Gasteiger partial charge in [0.15, 0.2) is 0 Å². The molecule has 4 heteroatoms. The normalized spacial score (nSPS) is 20.8. The van der Waals surface area contributed by atoms with Gasteiger partial charge in [-0.25, -0.2) is 0 Å². The summed E-state index contributed by atoms with van der Waals surface area (Å²) in [6, 6.07) is 6.71. The summed E-state index contributed by atoms with van der Waals surface area (Å²) in [6.45, 7) is 13.5. The lowest BCUT2D eigenvalue weighted by atomic mass is 9.82. The van der Waals surface area contributed by atoms with Gasteiger partial charge < -0.3 is 4.74 Å². The molecule has 3 rings (SSSR count). The fourth-order valence-electron chi connectivity index (χ4n) is 4.04. The molecule has 0 N–H and O–H groups in total. The number of rotatable bonds is 8. The molecular weight excluding hydrogens is 340 g/mol. The Morgan fingerprint density at radius 2 is 2.12 bits per heavy atom. The number of pyridine rings is 1. The molecule has 0 spiro atoms. The van der Waals surface area contributed by atoms with E-state index in [1.807, 2.05) is 11.3 Å². The monoisotopic (exact) mass is 372 g/mol. The van der Waals surface area contributed by atoms with Crippen LogP contribution in [-0.4, -0.2) is 36.2 Å². The number of aryl methyl sites for hydroxylation is 4. The van der Waals surface area contributed by atoms with Crippen LogP contribution in [0.3, 0.4) is 0 Å². The Bertz CT molecular complexity index is 727. The lowest BCUT2D eigenvalue weighted by Gasteiger charge is -2.29. The quantitative estimate of drug-likeness (QED) is 0.657. The maximum atomic E-state index is 5.92. The minimum Gasteiger partial charge on any atom is -0.381 e. The highest BCUT2D eigenvalue weighted by Crippen LogP contribution is 2.37. The first-order chi connectivity index (χ1) is 12.5. The molecule has 2 aromatic rings. The number of likely N-dealkylation sites (tertiary alicyclic amines) is 1. The zero-order chi connectivity index (χ0) is 18.6. The van der Waals surface area contributed by atoms with Crippen molar-refractivity contribution in [1.29, 1.82) is 0 Å². The maximum absolute atomic E-state index is 5.92. The largest absolute Gasteiger partial charge is 0.381 e. The highest BCUT2D eigenvalue weighted by Gasteiger charge is 2.38. The minimum atomic E-state index is 0.290. The van der Waals surface area contributed by atoms with Crippen molar-refractivity contribution < 1.29 is 4.74 Å². The van der Waals surface area contributed by atoms with Crippen LogP contribution < -0.4 is 0 Å². The third-order valence-corrected chi connectivity index (χ3v) is 6.50. The van der Waals surface area contributed by atoms with Crippen molar-refractivity contribution in [3.8, 4) is 0 Å². The summed E-state index contributed by atoms with van der Waals surface area (Å²) in [4.78, 5) is 8.64. The van der Waals surface area contributed by atoms with Crippen LogP contribution in [0.2, 0.25) is 0 Å². The zero-order valence-corrected chi connectivity index (χ0v) is 17.5. The van der Waals surface area contributed by atoms with Crippen LogP contribution in [0.5, 0.6) is 0 Å². The van der Waals surface area contributed by atoms with Gasteiger partial charge in [-0.05, 0) is 82.1 Å². The number of hydrogen-bond donors (Lipinski definition) is 0. The number of nitrogens with zero attached hydrogens (tertiary/aromatic N) is 2. The topological polar surface area (TPSA) is 25.4 Å². The molecule has 142 valence electrons. The predicted octanol–water partition coefficient (Wildman–Crippen LogP) is 4.93. The first kappa shape index (κ1) is 19.5. The second-order valence-corrected chi connectivity index (χ2v) is 8.98. The van der Waals surface area contributed by atoms with Crippen molar-refractivity contribution in [2.24, 2.45) is 5.41 Å². The first-order valence-electron chi connectivity index (χ1n) is 9.77. The molecule has 0 aliphatic carbocycles. The average Bonchev–Trinajstić information content (AvgIpc) is 3.21. The SMILES string of the molecule is CCOCC1(CCc2csc(C)c2)CCN(Cc2ccc(C)nc2C)C1. The highest BCUT2D eigenvalue weighted by atomic mass is 32.1.